The van der Waals surface area contributed by atoms with Crippen LogP contribution in [-0.2, 0) is 0 Å². The number of benzene rings is 1. The maximum atomic E-state index is 12.7. The van der Waals surface area contributed by atoms with E-state index in [-0.39, 0.29) is 11.0 Å². The van der Waals surface area contributed by atoms with Crippen molar-refractivity contribution in [2.45, 2.75) is 13.0 Å². The van der Waals surface area contributed by atoms with Gasteiger partial charge in [0.25, 0.3) is 5.91 Å². The van der Waals surface area contributed by atoms with Crippen LogP contribution in [0.15, 0.2) is 53.6 Å². The molecule has 0 aliphatic heterocycles. The Balaban J connectivity index is 1.66. The number of aromatic amines is 1. The predicted octanol–water partition coefficient (Wildman–Crippen LogP) is 2.07. The van der Waals surface area contributed by atoms with E-state index >= 15 is 0 Å². The van der Waals surface area contributed by atoms with Gasteiger partial charge >= 0.3 is 0 Å². The number of pyridine rings is 2. The first-order valence-electron chi connectivity index (χ1n) is 8.38. The Morgan fingerprint density at radius 1 is 1.26 bits per heavy atom. The molecule has 1 amide bonds. The fourth-order valence-corrected chi connectivity index (χ4v) is 2.99. The van der Waals surface area contributed by atoms with Crippen LogP contribution in [0.4, 0.5) is 0 Å². The highest BCUT2D eigenvalue weighted by molar-refractivity contribution is 5.97. The van der Waals surface area contributed by atoms with E-state index in [0.29, 0.717) is 28.1 Å². The van der Waals surface area contributed by atoms with E-state index in [2.05, 4.69) is 20.5 Å². The number of carbonyl (C=O) groups is 1. The van der Waals surface area contributed by atoms with Crippen LogP contribution >= 0.6 is 0 Å². The molecule has 1 atom stereocenters. The molecule has 0 spiro atoms. The molecule has 0 saturated heterocycles. The van der Waals surface area contributed by atoms with Crippen molar-refractivity contribution in [3.63, 3.8) is 0 Å². The minimum absolute atomic E-state index is 0.0245. The molecule has 2 N–H and O–H groups in total. The average molecular weight is 363 g/mol. The van der Waals surface area contributed by atoms with Crippen molar-refractivity contribution >= 4 is 22.5 Å². The highest BCUT2D eigenvalue weighted by Gasteiger charge is 2.19. The van der Waals surface area contributed by atoms with Crippen LogP contribution in [0, 0.1) is 0 Å². The number of hydrogen-bond donors (Lipinski definition) is 2. The van der Waals surface area contributed by atoms with Crippen molar-refractivity contribution in [2.24, 2.45) is 0 Å². The number of H-pyrrole nitrogens is 1. The minimum Gasteiger partial charge on any atom is -0.497 e. The number of aromatic nitrogens is 4. The second kappa shape index (κ2) is 6.56. The number of nitrogens with one attached hydrogen (secondary N) is 2. The molecule has 0 saturated carbocycles. The number of carbonyl (C=O) groups excluding carboxylic acids is 1. The van der Waals surface area contributed by atoms with Gasteiger partial charge in [-0.25, -0.2) is 0 Å². The Hall–Kier alpha value is -3.68. The molecule has 1 aromatic carbocycles. The molecule has 3 heterocycles. The lowest BCUT2D eigenvalue weighted by atomic mass is 10.1. The molecule has 3 aromatic heterocycles. The van der Waals surface area contributed by atoms with Crippen molar-refractivity contribution in [2.75, 3.05) is 7.11 Å². The predicted molar refractivity (Wildman–Crippen MR) is 100.0 cm³/mol. The van der Waals surface area contributed by atoms with Gasteiger partial charge in [0.15, 0.2) is 11.5 Å². The molecular formula is C19H17N5O3. The Morgan fingerprint density at radius 3 is 2.93 bits per heavy atom. The summed E-state index contributed by atoms with van der Waals surface area (Å²) in [5, 5.41) is 11.4. The number of fused-ring (bicyclic) bond motifs is 2. The van der Waals surface area contributed by atoms with Gasteiger partial charge in [-0.05, 0) is 37.3 Å². The Bertz CT molecular complexity index is 1210. The molecule has 27 heavy (non-hydrogen) atoms. The smallest absolute Gasteiger partial charge is 0.257 e. The standard InChI is InChI=1S/C19H17N5O3/c1-11(18-23-22-16-5-3-4-8-24(16)18)21-19(26)14-10-20-15-7-6-12(27-2)9-13(15)17(14)25/h3-11H,1-2H3,(H,20,25)(H,21,26)/t11-/m0/s1. The van der Waals surface area contributed by atoms with Gasteiger partial charge in [-0.2, -0.15) is 0 Å². The number of nitrogens with zero attached hydrogens (tertiary/aromatic N) is 3. The number of amides is 1. The molecule has 4 rings (SSSR count). The maximum Gasteiger partial charge on any atom is 0.257 e. The first kappa shape index (κ1) is 16.8. The molecule has 136 valence electrons. The molecule has 0 radical (unpaired) electrons. The fraction of sp³-hybridized carbons (Fsp3) is 0.158. The summed E-state index contributed by atoms with van der Waals surface area (Å²) in [6.07, 6.45) is 3.24. The van der Waals surface area contributed by atoms with Crippen molar-refractivity contribution < 1.29 is 9.53 Å². The largest absolute Gasteiger partial charge is 0.497 e. The summed E-state index contributed by atoms with van der Waals surface area (Å²) >= 11 is 0. The first-order valence-corrected chi connectivity index (χ1v) is 8.38. The molecule has 8 heteroatoms. The lowest BCUT2D eigenvalue weighted by Crippen LogP contribution is -2.32. The van der Waals surface area contributed by atoms with Crippen molar-refractivity contribution in [3.8, 4) is 5.75 Å². The topological polar surface area (TPSA) is 101 Å². The Kier molecular flexibility index (Phi) is 4.08. The number of ether oxygens (including phenoxy) is 1. The van der Waals surface area contributed by atoms with Crippen LogP contribution in [0.1, 0.15) is 29.1 Å². The van der Waals surface area contributed by atoms with Gasteiger partial charge < -0.3 is 15.0 Å². The number of methoxy groups -OCH3 is 1. The zero-order valence-electron chi connectivity index (χ0n) is 14.8. The van der Waals surface area contributed by atoms with Crippen molar-refractivity contribution in [3.05, 3.63) is 70.4 Å². The highest BCUT2D eigenvalue weighted by atomic mass is 16.5. The zero-order chi connectivity index (χ0) is 19.0. The maximum absolute atomic E-state index is 12.7. The first-order chi connectivity index (χ1) is 13.1. The van der Waals surface area contributed by atoms with Gasteiger partial charge in [0.05, 0.1) is 13.2 Å². The van der Waals surface area contributed by atoms with Gasteiger partial charge in [0, 0.05) is 23.3 Å². The Morgan fingerprint density at radius 2 is 2.11 bits per heavy atom. The second-order valence-electron chi connectivity index (χ2n) is 6.13. The SMILES string of the molecule is COc1ccc2[nH]cc(C(=O)N[C@@H](C)c3nnc4ccccn34)c(=O)c2c1. The Labute approximate surface area is 153 Å². The molecule has 0 bridgehead atoms. The highest BCUT2D eigenvalue weighted by Crippen LogP contribution is 2.17. The van der Waals surface area contributed by atoms with Crippen LogP contribution in [0.3, 0.4) is 0 Å². The molecule has 0 unspecified atom stereocenters. The van der Waals surface area contributed by atoms with E-state index in [1.165, 1.54) is 13.3 Å². The van der Waals surface area contributed by atoms with E-state index in [1.54, 1.807) is 29.5 Å². The summed E-state index contributed by atoms with van der Waals surface area (Å²) < 4.78 is 6.95. The summed E-state index contributed by atoms with van der Waals surface area (Å²) in [5.74, 6) is 0.646. The zero-order valence-corrected chi connectivity index (χ0v) is 14.8. The van der Waals surface area contributed by atoms with Gasteiger partial charge in [-0.3, -0.25) is 14.0 Å². The van der Waals surface area contributed by atoms with Gasteiger partial charge in [-0.15, -0.1) is 10.2 Å². The normalized spacial score (nSPS) is 12.2. The van der Waals surface area contributed by atoms with Crippen LogP contribution in [0.5, 0.6) is 5.75 Å². The molecular weight excluding hydrogens is 346 g/mol. The average Bonchev–Trinajstić information content (AvgIpc) is 3.12. The third-order valence-corrected chi connectivity index (χ3v) is 4.41. The molecule has 8 nitrogen and oxygen atoms in total. The van der Waals surface area contributed by atoms with E-state index in [1.807, 2.05) is 24.4 Å². The van der Waals surface area contributed by atoms with Crippen molar-refractivity contribution in [1.82, 2.24) is 24.9 Å². The van der Waals surface area contributed by atoms with E-state index in [9.17, 15) is 9.59 Å². The fourth-order valence-electron chi connectivity index (χ4n) is 2.99. The summed E-state index contributed by atoms with van der Waals surface area (Å²) in [6.45, 7) is 1.79. The van der Waals surface area contributed by atoms with Crippen LogP contribution in [0.25, 0.3) is 16.6 Å². The van der Waals surface area contributed by atoms with Crippen LogP contribution in [-0.4, -0.2) is 32.6 Å². The summed E-state index contributed by atoms with van der Waals surface area (Å²) in [7, 11) is 1.52. The molecule has 0 aliphatic rings. The third kappa shape index (κ3) is 2.91. The lowest BCUT2D eigenvalue weighted by Gasteiger charge is -2.12. The minimum atomic E-state index is -0.485. The second-order valence-corrected chi connectivity index (χ2v) is 6.13. The van der Waals surface area contributed by atoms with Crippen LogP contribution in [0.2, 0.25) is 0 Å². The number of rotatable bonds is 4. The molecule has 0 aliphatic carbocycles. The lowest BCUT2D eigenvalue weighted by molar-refractivity contribution is 0.0937. The summed E-state index contributed by atoms with van der Waals surface area (Å²) in [4.78, 5) is 28.4. The van der Waals surface area contributed by atoms with Crippen molar-refractivity contribution in [1.29, 1.82) is 0 Å². The quantitative estimate of drug-likeness (QED) is 0.578. The van der Waals surface area contributed by atoms with Gasteiger partial charge in [-0.1, -0.05) is 6.07 Å². The molecule has 4 aromatic rings. The van der Waals surface area contributed by atoms with E-state index in [0.717, 1.165) is 0 Å². The number of hydrogen-bond acceptors (Lipinski definition) is 5. The van der Waals surface area contributed by atoms with Crippen LogP contribution < -0.4 is 15.5 Å². The van der Waals surface area contributed by atoms with E-state index < -0.39 is 11.9 Å². The van der Waals surface area contributed by atoms with Gasteiger partial charge in [0.2, 0.25) is 5.43 Å². The van der Waals surface area contributed by atoms with E-state index in [4.69, 9.17) is 4.74 Å². The van der Waals surface area contributed by atoms with Gasteiger partial charge in [0.1, 0.15) is 11.3 Å². The molecule has 0 fully saturated rings. The summed E-state index contributed by atoms with van der Waals surface area (Å²) in [6, 6.07) is 10.2. The monoisotopic (exact) mass is 363 g/mol. The summed E-state index contributed by atoms with van der Waals surface area (Å²) in [5.41, 5.74) is 0.980. The third-order valence-electron chi connectivity index (χ3n) is 4.41.